The SMILES string of the molecule is Cc1ccccc1OCC(=O)NN=Cc1c(OC(=O)c2ccccc2)ccc2ccccc12. The fourth-order valence-electron chi connectivity index (χ4n) is 3.29. The molecule has 0 aliphatic rings. The molecule has 4 aromatic rings. The highest BCUT2D eigenvalue weighted by molar-refractivity contribution is 6.04. The molecule has 6 nitrogen and oxygen atoms in total. The van der Waals surface area contributed by atoms with Crippen molar-refractivity contribution in [2.45, 2.75) is 6.92 Å². The molecule has 0 bridgehead atoms. The summed E-state index contributed by atoms with van der Waals surface area (Å²) in [4.78, 5) is 24.8. The number of rotatable bonds is 7. The first-order chi connectivity index (χ1) is 16.1. The van der Waals surface area contributed by atoms with Crippen molar-refractivity contribution in [3.05, 3.63) is 108 Å². The molecular weight excluding hydrogens is 416 g/mol. The number of amides is 1. The van der Waals surface area contributed by atoms with Crippen LogP contribution >= 0.6 is 0 Å². The van der Waals surface area contributed by atoms with E-state index in [-0.39, 0.29) is 6.61 Å². The summed E-state index contributed by atoms with van der Waals surface area (Å²) in [5, 5.41) is 5.86. The van der Waals surface area contributed by atoms with Crippen LogP contribution in [0.1, 0.15) is 21.5 Å². The lowest BCUT2D eigenvalue weighted by molar-refractivity contribution is -0.123. The van der Waals surface area contributed by atoms with Gasteiger partial charge in [-0.25, -0.2) is 10.2 Å². The van der Waals surface area contributed by atoms with Gasteiger partial charge in [-0.15, -0.1) is 0 Å². The molecule has 4 aromatic carbocycles. The molecule has 0 fully saturated rings. The summed E-state index contributed by atoms with van der Waals surface area (Å²) in [5.74, 6) is 0.103. The van der Waals surface area contributed by atoms with E-state index >= 15 is 0 Å². The van der Waals surface area contributed by atoms with Crippen LogP contribution in [0.15, 0.2) is 96.1 Å². The average molecular weight is 438 g/mol. The smallest absolute Gasteiger partial charge is 0.343 e. The molecule has 0 unspecified atom stereocenters. The van der Waals surface area contributed by atoms with Gasteiger partial charge in [0.05, 0.1) is 11.8 Å². The number of aryl methyl sites for hydroxylation is 1. The quantitative estimate of drug-likeness (QED) is 0.193. The molecule has 6 heteroatoms. The lowest BCUT2D eigenvalue weighted by Gasteiger charge is -2.11. The maximum Gasteiger partial charge on any atom is 0.343 e. The van der Waals surface area contributed by atoms with Gasteiger partial charge in [0, 0.05) is 5.56 Å². The second-order valence-corrected chi connectivity index (χ2v) is 7.30. The van der Waals surface area contributed by atoms with Gasteiger partial charge in [-0.3, -0.25) is 4.79 Å². The summed E-state index contributed by atoms with van der Waals surface area (Å²) in [7, 11) is 0. The summed E-state index contributed by atoms with van der Waals surface area (Å²) in [6.45, 7) is 1.73. The molecular formula is C27H22N2O4. The van der Waals surface area contributed by atoms with Crippen molar-refractivity contribution in [3.63, 3.8) is 0 Å². The maximum absolute atomic E-state index is 12.6. The average Bonchev–Trinajstić information content (AvgIpc) is 2.85. The van der Waals surface area contributed by atoms with Crippen LogP contribution in [0.25, 0.3) is 10.8 Å². The van der Waals surface area contributed by atoms with E-state index in [0.717, 1.165) is 16.3 Å². The fraction of sp³-hybridized carbons (Fsp3) is 0.0741. The topological polar surface area (TPSA) is 77.0 Å². The van der Waals surface area contributed by atoms with Crippen molar-refractivity contribution in [1.29, 1.82) is 0 Å². The number of hydrogen-bond acceptors (Lipinski definition) is 5. The van der Waals surface area contributed by atoms with E-state index in [4.69, 9.17) is 9.47 Å². The fourth-order valence-corrected chi connectivity index (χ4v) is 3.29. The minimum absolute atomic E-state index is 0.173. The molecule has 0 saturated heterocycles. The molecule has 1 N–H and O–H groups in total. The van der Waals surface area contributed by atoms with E-state index in [2.05, 4.69) is 10.5 Å². The Morgan fingerprint density at radius 2 is 1.58 bits per heavy atom. The molecule has 0 saturated carbocycles. The molecule has 1 amide bonds. The molecule has 0 aromatic heterocycles. The minimum atomic E-state index is -0.476. The lowest BCUT2D eigenvalue weighted by atomic mass is 10.0. The van der Waals surface area contributed by atoms with Crippen molar-refractivity contribution in [1.82, 2.24) is 5.43 Å². The number of hydrazone groups is 1. The second kappa shape index (κ2) is 10.2. The third kappa shape index (κ3) is 5.43. The largest absolute Gasteiger partial charge is 0.483 e. The van der Waals surface area contributed by atoms with Crippen LogP contribution in [-0.4, -0.2) is 24.7 Å². The van der Waals surface area contributed by atoms with Crippen molar-refractivity contribution < 1.29 is 19.1 Å². The molecule has 0 radical (unpaired) electrons. The zero-order valence-corrected chi connectivity index (χ0v) is 18.0. The number of carbonyl (C=O) groups is 2. The molecule has 0 spiro atoms. The zero-order valence-electron chi connectivity index (χ0n) is 18.0. The Morgan fingerprint density at radius 3 is 2.39 bits per heavy atom. The van der Waals surface area contributed by atoms with Crippen LogP contribution < -0.4 is 14.9 Å². The Hall–Kier alpha value is -4.45. The van der Waals surface area contributed by atoms with E-state index in [1.54, 1.807) is 36.4 Å². The Morgan fingerprint density at radius 1 is 0.848 bits per heavy atom. The van der Waals surface area contributed by atoms with Crippen LogP contribution in [-0.2, 0) is 4.79 Å². The van der Waals surface area contributed by atoms with Gasteiger partial charge >= 0.3 is 5.97 Å². The number of hydrogen-bond donors (Lipinski definition) is 1. The highest BCUT2D eigenvalue weighted by Gasteiger charge is 2.13. The second-order valence-electron chi connectivity index (χ2n) is 7.30. The highest BCUT2D eigenvalue weighted by Crippen LogP contribution is 2.27. The van der Waals surface area contributed by atoms with Crippen LogP contribution in [0.5, 0.6) is 11.5 Å². The third-order valence-electron chi connectivity index (χ3n) is 4.98. The van der Waals surface area contributed by atoms with E-state index in [1.807, 2.05) is 61.5 Å². The van der Waals surface area contributed by atoms with Gasteiger partial charge in [0.1, 0.15) is 11.5 Å². The molecule has 4 rings (SSSR count). The van der Waals surface area contributed by atoms with Gasteiger partial charge in [0.15, 0.2) is 6.61 Å². The summed E-state index contributed by atoms with van der Waals surface area (Å²) >= 11 is 0. The number of esters is 1. The van der Waals surface area contributed by atoms with Gasteiger partial charge in [0.25, 0.3) is 5.91 Å². The van der Waals surface area contributed by atoms with Gasteiger partial charge < -0.3 is 9.47 Å². The number of ether oxygens (including phenoxy) is 2. The number of nitrogens with one attached hydrogen (secondary N) is 1. The molecule has 0 atom stereocenters. The Labute approximate surface area is 191 Å². The van der Waals surface area contributed by atoms with E-state index in [1.165, 1.54) is 6.21 Å². The van der Waals surface area contributed by atoms with Crippen LogP contribution in [0.2, 0.25) is 0 Å². The van der Waals surface area contributed by atoms with E-state index < -0.39 is 11.9 Å². The lowest BCUT2D eigenvalue weighted by Crippen LogP contribution is -2.24. The monoisotopic (exact) mass is 438 g/mol. The summed E-state index contributed by atoms with van der Waals surface area (Å²) in [6.07, 6.45) is 1.47. The summed E-state index contributed by atoms with van der Waals surface area (Å²) < 4.78 is 11.2. The molecule has 33 heavy (non-hydrogen) atoms. The number of fused-ring (bicyclic) bond motifs is 1. The number of para-hydroxylation sites is 1. The normalized spacial score (nSPS) is 10.8. The van der Waals surface area contributed by atoms with Crippen LogP contribution in [0.3, 0.4) is 0 Å². The summed E-state index contributed by atoms with van der Waals surface area (Å²) in [6, 6.07) is 27.4. The highest BCUT2D eigenvalue weighted by atomic mass is 16.5. The Kier molecular flexibility index (Phi) is 6.75. The van der Waals surface area contributed by atoms with Gasteiger partial charge in [0.2, 0.25) is 0 Å². The van der Waals surface area contributed by atoms with Gasteiger partial charge in [-0.2, -0.15) is 5.10 Å². The first-order valence-electron chi connectivity index (χ1n) is 10.4. The van der Waals surface area contributed by atoms with Crippen molar-refractivity contribution >= 4 is 28.9 Å². The summed E-state index contributed by atoms with van der Waals surface area (Å²) in [5.41, 5.74) is 4.42. The molecule has 0 heterocycles. The zero-order chi connectivity index (χ0) is 23.0. The van der Waals surface area contributed by atoms with Crippen LogP contribution in [0, 0.1) is 6.92 Å². The maximum atomic E-state index is 12.6. The van der Waals surface area contributed by atoms with Gasteiger partial charge in [-0.1, -0.05) is 66.7 Å². The first kappa shape index (κ1) is 21.8. The Balaban J connectivity index is 1.51. The van der Waals surface area contributed by atoms with Crippen molar-refractivity contribution in [2.24, 2.45) is 5.10 Å². The van der Waals surface area contributed by atoms with Gasteiger partial charge in [-0.05, 0) is 47.5 Å². The third-order valence-corrected chi connectivity index (χ3v) is 4.98. The molecule has 0 aliphatic heterocycles. The standard InChI is InChI=1S/C27H22N2O4/c1-19-9-5-8-14-24(19)32-18-26(30)29-28-17-23-22-13-7-6-10-20(22)15-16-25(23)33-27(31)21-11-3-2-4-12-21/h2-17H,18H2,1H3,(H,29,30). The van der Waals surface area contributed by atoms with Crippen LogP contribution in [0.4, 0.5) is 0 Å². The predicted octanol–water partition coefficient (Wildman–Crippen LogP) is 4.90. The number of benzene rings is 4. The van der Waals surface area contributed by atoms with E-state index in [9.17, 15) is 9.59 Å². The first-order valence-corrected chi connectivity index (χ1v) is 10.4. The number of carbonyl (C=O) groups excluding carboxylic acids is 2. The molecule has 0 aliphatic carbocycles. The molecule has 164 valence electrons. The van der Waals surface area contributed by atoms with Crippen molar-refractivity contribution in [2.75, 3.05) is 6.61 Å². The minimum Gasteiger partial charge on any atom is -0.483 e. The van der Waals surface area contributed by atoms with E-state index in [0.29, 0.717) is 22.6 Å². The Bertz CT molecular complexity index is 1320. The van der Waals surface area contributed by atoms with Crippen molar-refractivity contribution in [3.8, 4) is 11.5 Å². The number of nitrogens with zero attached hydrogens (tertiary/aromatic N) is 1. The predicted molar refractivity (Wildman–Crippen MR) is 128 cm³/mol.